The first kappa shape index (κ1) is 14.5. The van der Waals surface area contributed by atoms with Gasteiger partial charge in [-0.1, -0.05) is 11.2 Å². The van der Waals surface area contributed by atoms with Gasteiger partial charge in [0.05, 0.1) is 18.3 Å². The van der Waals surface area contributed by atoms with E-state index in [9.17, 15) is 0 Å². The van der Waals surface area contributed by atoms with Crippen LogP contribution in [0.3, 0.4) is 0 Å². The number of rotatable bonds is 6. The minimum atomic E-state index is 0.0482. The zero-order valence-corrected chi connectivity index (χ0v) is 12.4. The lowest BCUT2D eigenvalue weighted by atomic mass is 10.3. The summed E-state index contributed by atoms with van der Waals surface area (Å²) < 4.78 is 5.71. The third kappa shape index (κ3) is 3.33. The topological polar surface area (TPSA) is 67.1 Å². The Bertz CT molecular complexity index is 554. The monoisotopic (exact) mass is 275 g/mol. The normalized spacial score (nSPS) is 12.4. The Kier molecular flexibility index (Phi) is 4.68. The highest BCUT2D eigenvalue weighted by atomic mass is 16.4. The second kappa shape index (κ2) is 6.47. The van der Waals surface area contributed by atoms with Crippen LogP contribution in [0, 0.1) is 6.92 Å². The van der Waals surface area contributed by atoms with E-state index in [1.54, 1.807) is 0 Å². The standard InChI is InChI=1S/C14H21N5O/c1-5-19(9-12-8-6-7-10(2)16-12)14-18-17-13(20-14)11(3)15-4/h6-8,11,15H,5,9H2,1-4H3. The SMILES string of the molecule is CCN(Cc1cccc(C)n1)c1nnc(C(C)NC)o1. The van der Waals surface area contributed by atoms with Crippen LogP contribution in [-0.4, -0.2) is 28.8 Å². The fraction of sp³-hybridized carbons (Fsp3) is 0.500. The molecule has 0 aliphatic carbocycles. The Hall–Kier alpha value is -1.95. The lowest BCUT2D eigenvalue weighted by Gasteiger charge is -2.17. The van der Waals surface area contributed by atoms with E-state index in [-0.39, 0.29) is 6.04 Å². The van der Waals surface area contributed by atoms with Gasteiger partial charge in [-0.15, -0.1) is 5.10 Å². The molecule has 0 fully saturated rings. The van der Waals surface area contributed by atoms with Crippen LogP contribution in [0.25, 0.3) is 0 Å². The summed E-state index contributed by atoms with van der Waals surface area (Å²) in [5.41, 5.74) is 2.00. The molecule has 20 heavy (non-hydrogen) atoms. The van der Waals surface area contributed by atoms with E-state index in [4.69, 9.17) is 4.42 Å². The molecule has 2 heterocycles. The molecule has 0 saturated heterocycles. The number of nitrogens with zero attached hydrogens (tertiary/aromatic N) is 4. The molecule has 2 aromatic rings. The molecule has 0 radical (unpaired) electrons. The van der Waals surface area contributed by atoms with Crippen LogP contribution >= 0.6 is 0 Å². The maximum absolute atomic E-state index is 5.71. The first-order chi connectivity index (χ1) is 9.63. The number of hydrogen-bond acceptors (Lipinski definition) is 6. The van der Waals surface area contributed by atoms with Crippen molar-refractivity contribution in [3.8, 4) is 0 Å². The van der Waals surface area contributed by atoms with Gasteiger partial charge in [-0.3, -0.25) is 4.98 Å². The number of pyridine rings is 1. The van der Waals surface area contributed by atoms with Crippen molar-refractivity contribution < 1.29 is 4.42 Å². The summed E-state index contributed by atoms with van der Waals surface area (Å²) in [7, 11) is 1.86. The highest BCUT2D eigenvalue weighted by Crippen LogP contribution is 2.18. The number of nitrogens with one attached hydrogen (secondary N) is 1. The number of hydrogen-bond donors (Lipinski definition) is 1. The Morgan fingerprint density at radius 1 is 1.35 bits per heavy atom. The molecule has 2 aromatic heterocycles. The van der Waals surface area contributed by atoms with Crippen LogP contribution < -0.4 is 10.2 Å². The van der Waals surface area contributed by atoms with Crippen LogP contribution in [0.15, 0.2) is 22.6 Å². The Morgan fingerprint density at radius 2 is 2.15 bits per heavy atom. The molecule has 6 nitrogen and oxygen atoms in total. The second-order valence-electron chi connectivity index (χ2n) is 4.72. The molecular weight excluding hydrogens is 254 g/mol. The van der Waals surface area contributed by atoms with Gasteiger partial charge < -0.3 is 14.6 Å². The molecule has 2 rings (SSSR count). The first-order valence-corrected chi connectivity index (χ1v) is 6.82. The van der Waals surface area contributed by atoms with Crippen molar-refractivity contribution in [2.75, 3.05) is 18.5 Å². The van der Waals surface area contributed by atoms with Gasteiger partial charge >= 0.3 is 6.01 Å². The van der Waals surface area contributed by atoms with Crippen LogP contribution in [0.1, 0.15) is 37.2 Å². The maximum atomic E-state index is 5.71. The van der Waals surface area contributed by atoms with Gasteiger partial charge in [-0.05, 0) is 40.0 Å². The van der Waals surface area contributed by atoms with Crippen LogP contribution in [0.5, 0.6) is 0 Å². The smallest absolute Gasteiger partial charge is 0.318 e. The minimum Gasteiger partial charge on any atom is -0.406 e. The van der Waals surface area contributed by atoms with E-state index in [1.165, 1.54) is 0 Å². The molecule has 1 atom stereocenters. The van der Waals surface area contributed by atoms with E-state index in [0.717, 1.165) is 17.9 Å². The lowest BCUT2D eigenvalue weighted by Crippen LogP contribution is -2.23. The molecule has 6 heteroatoms. The van der Waals surface area contributed by atoms with Gasteiger partial charge in [-0.2, -0.15) is 0 Å². The summed E-state index contributed by atoms with van der Waals surface area (Å²) in [6.45, 7) is 7.47. The fourth-order valence-electron chi connectivity index (χ4n) is 1.85. The van der Waals surface area contributed by atoms with Gasteiger partial charge in [0.2, 0.25) is 5.89 Å². The largest absolute Gasteiger partial charge is 0.406 e. The predicted molar refractivity (Wildman–Crippen MR) is 77.5 cm³/mol. The number of aromatic nitrogens is 3. The Morgan fingerprint density at radius 3 is 2.80 bits per heavy atom. The third-order valence-electron chi connectivity index (χ3n) is 3.18. The molecule has 1 N–H and O–H groups in total. The number of aryl methyl sites for hydroxylation is 1. The summed E-state index contributed by atoms with van der Waals surface area (Å²) in [5.74, 6) is 0.596. The van der Waals surface area contributed by atoms with E-state index in [2.05, 4.69) is 27.4 Å². The highest BCUT2D eigenvalue weighted by Gasteiger charge is 2.16. The van der Waals surface area contributed by atoms with Crippen molar-refractivity contribution in [3.63, 3.8) is 0 Å². The predicted octanol–water partition coefficient (Wildman–Crippen LogP) is 2.08. The average Bonchev–Trinajstić information content (AvgIpc) is 2.93. The summed E-state index contributed by atoms with van der Waals surface area (Å²) in [6.07, 6.45) is 0. The molecule has 0 spiro atoms. The molecule has 0 amide bonds. The van der Waals surface area contributed by atoms with Crippen molar-refractivity contribution in [1.82, 2.24) is 20.5 Å². The quantitative estimate of drug-likeness (QED) is 0.870. The maximum Gasteiger partial charge on any atom is 0.318 e. The van der Waals surface area contributed by atoms with Crippen molar-refractivity contribution in [3.05, 3.63) is 35.5 Å². The average molecular weight is 275 g/mol. The van der Waals surface area contributed by atoms with Crippen LogP contribution in [0.4, 0.5) is 6.01 Å². The minimum absolute atomic E-state index is 0.0482. The van der Waals surface area contributed by atoms with Crippen LogP contribution in [0.2, 0.25) is 0 Å². The van der Waals surface area contributed by atoms with E-state index < -0.39 is 0 Å². The van der Waals surface area contributed by atoms with Gasteiger partial charge in [0.15, 0.2) is 0 Å². The van der Waals surface area contributed by atoms with Crippen LogP contribution in [-0.2, 0) is 6.54 Å². The van der Waals surface area contributed by atoms with Gasteiger partial charge in [-0.25, -0.2) is 0 Å². The van der Waals surface area contributed by atoms with Crippen molar-refractivity contribution in [2.24, 2.45) is 0 Å². The van der Waals surface area contributed by atoms with E-state index >= 15 is 0 Å². The summed E-state index contributed by atoms with van der Waals surface area (Å²) >= 11 is 0. The molecule has 0 aliphatic rings. The molecule has 0 bridgehead atoms. The van der Waals surface area contributed by atoms with E-state index in [1.807, 2.05) is 44.0 Å². The zero-order chi connectivity index (χ0) is 14.5. The molecular formula is C14H21N5O. The Balaban J connectivity index is 2.14. The molecule has 108 valence electrons. The molecule has 0 aliphatic heterocycles. The molecule has 0 aromatic carbocycles. The second-order valence-corrected chi connectivity index (χ2v) is 4.72. The van der Waals surface area contributed by atoms with Gasteiger partial charge in [0.25, 0.3) is 0 Å². The molecule has 1 unspecified atom stereocenters. The summed E-state index contributed by atoms with van der Waals surface area (Å²) in [6, 6.07) is 6.58. The first-order valence-electron chi connectivity index (χ1n) is 6.82. The zero-order valence-electron chi connectivity index (χ0n) is 12.4. The van der Waals surface area contributed by atoms with Crippen molar-refractivity contribution in [2.45, 2.75) is 33.4 Å². The lowest BCUT2D eigenvalue weighted by molar-refractivity contribution is 0.429. The van der Waals surface area contributed by atoms with E-state index in [0.29, 0.717) is 18.5 Å². The van der Waals surface area contributed by atoms with Gasteiger partial charge in [0.1, 0.15) is 0 Å². The van der Waals surface area contributed by atoms with Gasteiger partial charge in [0, 0.05) is 12.2 Å². The Labute approximate surface area is 119 Å². The summed E-state index contributed by atoms with van der Waals surface area (Å²) in [5, 5.41) is 11.3. The fourth-order valence-corrected chi connectivity index (χ4v) is 1.85. The highest BCUT2D eigenvalue weighted by molar-refractivity contribution is 5.26. The summed E-state index contributed by atoms with van der Waals surface area (Å²) in [4.78, 5) is 6.52. The third-order valence-corrected chi connectivity index (χ3v) is 3.18. The van der Waals surface area contributed by atoms with Crippen molar-refractivity contribution in [1.29, 1.82) is 0 Å². The van der Waals surface area contributed by atoms with Crippen molar-refractivity contribution >= 4 is 6.01 Å². The number of anilines is 1. The molecule has 0 saturated carbocycles.